The van der Waals surface area contributed by atoms with E-state index in [-0.39, 0.29) is 12.1 Å². The van der Waals surface area contributed by atoms with Gasteiger partial charge in [0.1, 0.15) is 0 Å². The minimum Gasteiger partial charge on any atom is -0.0911 e. The molecule has 0 unspecified atom stereocenters. The molecule has 2 heterocycles. The van der Waals surface area contributed by atoms with Gasteiger partial charge in [0, 0.05) is 19.6 Å². The molecule has 0 saturated carbocycles. The molecule has 0 saturated heterocycles. The summed E-state index contributed by atoms with van der Waals surface area (Å²) in [5.74, 6) is 0. The van der Waals surface area contributed by atoms with E-state index in [2.05, 4.69) is 154 Å². The maximum absolute atomic E-state index is 2.49. The predicted octanol–water partition coefficient (Wildman–Crippen LogP) is 10.1. The highest BCUT2D eigenvalue weighted by atomic mass is 32.2. The molecule has 0 fully saturated rings. The van der Waals surface area contributed by atoms with Gasteiger partial charge in [-0.25, -0.2) is 0 Å². The van der Waals surface area contributed by atoms with Crippen molar-refractivity contribution >= 4 is 68.2 Å². The molecular weight excluding hydrogens is 579 g/mol. The molecule has 0 bridgehead atoms. The normalized spacial score (nSPS) is 13.4. The lowest BCUT2D eigenvalue weighted by Gasteiger charge is -2.34. The third kappa shape index (κ3) is 4.25. The molecule has 7 aromatic rings. The van der Waals surface area contributed by atoms with Crippen LogP contribution in [-0.4, -0.2) is 6.71 Å². The van der Waals surface area contributed by atoms with Gasteiger partial charge in [0.25, 0.3) is 0 Å². The summed E-state index contributed by atoms with van der Waals surface area (Å²) >= 11 is 3.89. The van der Waals surface area contributed by atoms with E-state index in [1.165, 1.54) is 85.3 Å². The molecule has 45 heavy (non-hydrogen) atoms. The second kappa shape index (κ2) is 10.2. The molecule has 0 aromatic heterocycles. The van der Waals surface area contributed by atoms with E-state index in [0.717, 1.165) is 0 Å². The molecule has 0 radical (unpaired) electrons. The van der Waals surface area contributed by atoms with Crippen molar-refractivity contribution in [2.45, 2.75) is 45.8 Å². The van der Waals surface area contributed by atoms with E-state index in [0.29, 0.717) is 0 Å². The highest BCUT2D eigenvalue weighted by Gasteiger charge is 2.39. The Morgan fingerprint density at radius 1 is 0.444 bits per heavy atom. The van der Waals surface area contributed by atoms with Crippen LogP contribution in [0, 0.1) is 0 Å². The highest BCUT2D eigenvalue weighted by Crippen LogP contribution is 2.47. The Kier molecular flexibility index (Phi) is 6.14. The van der Waals surface area contributed by atoms with Crippen LogP contribution in [0.25, 0.3) is 43.8 Å². The second-order valence-electron chi connectivity index (χ2n) is 13.3. The lowest BCUT2D eigenvalue weighted by molar-refractivity contribution is 0.590. The van der Waals surface area contributed by atoms with E-state index in [1.54, 1.807) is 0 Å². The molecule has 2 aliphatic rings. The summed E-state index contributed by atoms with van der Waals surface area (Å²) < 4.78 is 0. The fourth-order valence-electron chi connectivity index (χ4n) is 7.41. The fourth-order valence-corrected chi connectivity index (χ4v) is 9.88. The van der Waals surface area contributed by atoms with Crippen molar-refractivity contribution in [3.05, 3.63) is 139 Å². The Labute approximate surface area is 274 Å². The fraction of sp³-hybridized carbons (Fsp3) is 0.0952. The van der Waals surface area contributed by atoms with Gasteiger partial charge < -0.3 is 0 Å². The summed E-state index contributed by atoms with van der Waals surface area (Å²) in [4.78, 5) is 5.50. The lowest BCUT2D eigenvalue weighted by Crippen LogP contribution is -2.58. The van der Waals surface area contributed by atoms with E-state index in [9.17, 15) is 0 Å². The summed E-state index contributed by atoms with van der Waals surface area (Å²) in [6.07, 6.45) is 0. The van der Waals surface area contributed by atoms with Crippen LogP contribution in [0.2, 0.25) is 0 Å². The molecule has 214 valence electrons. The zero-order valence-electron chi connectivity index (χ0n) is 25.6. The first-order valence-electron chi connectivity index (χ1n) is 15.7. The van der Waals surface area contributed by atoms with Crippen molar-refractivity contribution in [3.63, 3.8) is 0 Å². The number of hydrogen-bond donors (Lipinski definition) is 0. The summed E-state index contributed by atoms with van der Waals surface area (Å²) in [6.45, 7) is 7.20. The topological polar surface area (TPSA) is 0 Å². The molecule has 2 aliphatic heterocycles. The minimum absolute atomic E-state index is 0.101. The summed E-state index contributed by atoms with van der Waals surface area (Å²) in [6, 6.07) is 50.1. The van der Waals surface area contributed by atoms with Crippen LogP contribution in [0.3, 0.4) is 0 Å². The minimum atomic E-state index is 0.101. The maximum Gasteiger partial charge on any atom is 0.247 e. The van der Waals surface area contributed by atoms with E-state index in [4.69, 9.17) is 0 Å². The zero-order chi connectivity index (χ0) is 30.3. The molecule has 3 heteroatoms. The van der Waals surface area contributed by atoms with Gasteiger partial charge in [0.2, 0.25) is 6.71 Å². The average Bonchev–Trinajstić information content (AvgIpc) is 3.06. The first-order chi connectivity index (χ1) is 22.0. The van der Waals surface area contributed by atoms with Crippen molar-refractivity contribution in [3.8, 4) is 22.3 Å². The van der Waals surface area contributed by atoms with Crippen molar-refractivity contribution < 1.29 is 0 Å². The Morgan fingerprint density at radius 3 is 1.56 bits per heavy atom. The van der Waals surface area contributed by atoms with E-state index in [1.807, 2.05) is 23.5 Å². The van der Waals surface area contributed by atoms with E-state index < -0.39 is 0 Å². The third-order valence-electron chi connectivity index (χ3n) is 9.53. The molecule has 7 aromatic carbocycles. The Hall–Kier alpha value is -4.18. The summed E-state index contributed by atoms with van der Waals surface area (Å²) in [5.41, 5.74) is 11.0. The van der Waals surface area contributed by atoms with Crippen molar-refractivity contribution in [2.75, 3.05) is 0 Å². The van der Waals surface area contributed by atoms with Gasteiger partial charge in [0.15, 0.2) is 0 Å². The predicted molar refractivity (Wildman–Crippen MR) is 197 cm³/mol. The van der Waals surface area contributed by atoms with Crippen LogP contribution in [-0.2, 0) is 5.41 Å². The summed E-state index contributed by atoms with van der Waals surface area (Å²) in [7, 11) is 0. The molecular formula is C42H31BS2. The van der Waals surface area contributed by atoms with Gasteiger partial charge >= 0.3 is 0 Å². The molecule has 0 amide bonds. The van der Waals surface area contributed by atoms with Crippen LogP contribution in [0.1, 0.15) is 26.3 Å². The number of rotatable bonds is 2. The molecule has 0 N–H and O–H groups in total. The molecule has 9 rings (SSSR count). The number of benzene rings is 7. The quantitative estimate of drug-likeness (QED) is 0.141. The average molecular weight is 611 g/mol. The van der Waals surface area contributed by atoms with Gasteiger partial charge in [-0.15, -0.1) is 0 Å². The Bertz CT molecular complexity index is 2240. The molecule has 0 spiro atoms. The zero-order valence-corrected chi connectivity index (χ0v) is 27.2. The van der Waals surface area contributed by atoms with E-state index >= 15 is 0 Å². The first kappa shape index (κ1) is 27.2. The smallest absolute Gasteiger partial charge is 0.0911 e. The maximum atomic E-state index is 2.49. The SMILES string of the molecule is CC(C)(C)c1ccc2c(c1)B1c3ccccc3Sc3cc(-c4c5ccccc5c(-c5ccccc5)c5ccccc45)cc(c31)S2. The first-order valence-corrected chi connectivity index (χ1v) is 17.4. The van der Waals surface area contributed by atoms with Crippen molar-refractivity contribution in [1.82, 2.24) is 0 Å². The molecule has 0 atom stereocenters. The van der Waals surface area contributed by atoms with Crippen LogP contribution < -0.4 is 16.4 Å². The van der Waals surface area contributed by atoms with Crippen LogP contribution in [0.15, 0.2) is 153 Å². The van der Waals surface area contributed by atoms with Gasteiger partial charge in [-0.3, -0.25) is 0 Å². The van der Waals surface area contributed by atoms with Crippen LogP contribution in [0.4, 0.5) is 0 Å². The Balaban J connectivity index is 1.33. The van der Waals surface area contributed by atoms with Gasteiger partial charge in [-0.2, -0.15) is 0 Å². The van der Waals surface area contributed by atoms with Crippen LogP contribution in [0.5, 0.6) is 0 Å². The molecule has 0 nitrogen and oxygen atoms in total. The summed E-state index contributed by atoms with van der Waals surface area (Å²) in [5, 5.41) is 5.20. The monoisotopic (exact) mass is 610 g/mol. The molecule has 0 aliphatic carbocycles. The Morgan fingerprint density at radius 2 is 0.956 bits per heavy atom. The lowest BCUT2D eigenvalue weighted by atomic mass is 9.36. The standard InChI is InChI=1S/C42H31BS2/c1-42(2,3)28-21-22-36-34(25-28)43-33-19-11-12-20-35(33)44-37-23-27(24-38(45-36)41(37)43)40-31-17-9-7-15-29(31)39(26-13-5-4-6-14-26)30-16-8-10-18-32(30)40/h4-25H,1-3H3. The van der Waals surface area contributed by atoms with Gasteiger partial charge in [0.05, 0.1) is 0 Å². The van der Waals surface area contributed by atoms with Crippen LogP contribution >= 0.6 is 23.5 Å². The van der Waals surface area contributed by atoms with Crippen molar-refractivity contribution in [1.29, 1.82) is 0 Å². The number of fused-ring (bicyclic) bond motifs is 6. The largest absolute Gasteiger partial charge is 0.247 e. The third-order valence-corrected chi connectivity index (χ3v) is 11.8. The highest BCUT2D eigenvalue weighted by molar-refractivity contribution is 8.01. The number of hydrogen-bond acceptors (Lipinski definition) is 2. The second-order valence-corrected chi connectivity index (χ2v) is 15.4. The van der Waals surface area contributed by atoms with Gasteiger partial charge in [-0.05, 0) is 84.5 Å². The van der Waals surface area contributed by atoms with Crippen molar-refractivity contribution in [2.24, 2.45) is 0 Å². The van der Waals surface area contributed by atoms with Gasteiger partial charge in [-0.1, -0.05) is 164 Å².